The van der Waals surface area contributed by atoms with Gasteiger partial charge in [0.15, 0.2) is 0 Å². The molecule has 0 radical (unpaired) electrons. The molecule has 3 rings (SSSR count). The van der Waals surface area contributed by atoms with E-state index in [-0.39, 0.29) is 17.7 Å². The van der Waals surface area contributed by atoms with Gasteiger partial charge in [-0.05, 0) is 31.0 Å². The lowest BCUT2D eigenvalue weighted by Crippen LogP contribution is -2.36. The molecule has 1 aliphatic heterocycles. The van der Waals surface area contributed by atoms with Crippen LogP contribution in [0, 0.1) is 10.1 Å². The highest BCUT2D eigenvalue weighted by Gasteiger charge is 2.27. The lowest BCUT2D eigenvalue weighted by molar-refractivity contribution is -0.384. The van der Waals surface area contributed by atoms with Crippen LogP contribution in [0.1, 0.15) is 29.4 Å². The summed E-state index contributed by atoms with van der Waals surface area (Å²) in [5, 5.41) is 11.2. The zero-order chi connectivity index (χ0) is 17.1. The maximum absolute atomic E-state index is 11.8. The Kier molecular flexibility index (Phi) is 4.45. The second kappa shape index (κ2) is 6.69. The minimum absolute atomic E-state index is 0.0205. The Bertz CT molecular complexity index is 750. The number of carbonyl (C=O) groups is 1. The van der Waals surface area contributed by atoms with Crippen LogP contribution in [0.5, 0.6) is 0 Å². The van der Waals surface area contributed by atoms with Crippen LogP contribution < -0.4 is 4.90 Å². The molecular weight excluding hydrogens is 312 g/mol. The Morgan fingerprint density at radius 2 is 2.08 bits per heavy atom. The van der Waals surface area contributed by atoms with Crippen molar-refractivity contribution in [1.82, 2.24) is 9.55 Å². The number of pyridine rings is 1. The van der Waals surface area contributed by atoms with E-state index in [1.165, 1.54) is 13.2 Å². The summed E-state index contributed by atoms with van der Waals surface area (Å²) in [5.74, 6) is 0.0458. The Labute approximate surface area is 138 Å². The summed E-state index contributed by atoms with van der Waals surface area (Å²) in [6, 6.07) is 6.75. The fourth-order valence-corrected chi connectivity index (χ4v) is 3.12. The number of aromatic nitrogens is 2. The van der Waals surface area contributed by atoms with E-state index in [4.69, 9.17) is 4.74 Å². The summed E-state index contributed by atoms with van der Waals surface area (Å²) in [6.07, 6.45) is 4.98. The standard InChI is InChI=1S/C16H18N4O4/c1-24-16(21)14-5-3-9-19(14)12-6-10-18(11-7-12)15-13(20(22)23)4-2-8-17-15/h2-5,8-9,12H,6-7,10-11H2,1H3. The molecule has 0 N–H and O–H groups in total. The molecule has 0 aromatic carbocycles. The van der Waals surface area contributed by atoms with E-state index in [1.807, 2.05) is 21.7 Å². The highest BCUT2D eigenvalue weighted by Crippen LogP contribution is 2.31. The zero-order valence-electron chi connectivity index (χ0n) is 13.3. The third-order valence-electron chi connectivity index (χ3n) is 4.29. The van der Waals surface area contributed by atoms with Gasteiger partial charge in [0.25, 0.3) is 0 Å². The summed E-state index contributed by atoms with van der Waals surface area (Å²) in [4.78, 5) is 28.6. The van der Waals surface area contributed by atoms with E-state index < -0.39 is 4.92 Å². The van der Waals surface area contributed by atoms with E-state index in [2.05, 4.69) is 4.98 Å². The molecule has 8 nitrogen and oxygen atoms in total. The lowest BCUT2D eigenvalue weighted by Gasteiger charge is -2.33. The first kappa shape index (κ1) is 16.0. The van der Waals surface area contributed by atoms with E-state index in [0.29, 0.717) is 24.6 Å². The van der Waals surface area contributed by atoms with Crippen LogP contribution in [0.3, 0.4) is 0 Å². The molecule has 1 aliphatic rings. The van der Waals surface area contributed by atoms with Crippen molar-refractivity contribution in [3.63, 3.8) is 0 Å². The predicted octanol–water partition coefficient (Wildman–Crippen LogP) is 2.42. The Balaban J connectivity index is 1.74. The van der Waals surface area contributed by atoms with Gasteiger partial charge in [0.1, 0.15) is 5.69 Å². The molecule has 0 saturated carbocycles. The van der Waals surface area contributed by atoms with Gasteiger partial charge in [0.2, 0.25) is 5.82 Å². The number of anilines is 1. The van der Waals surface area contributed by atoms with Crippen LogP contribution in [0.2, 0.25) is 0 Å². The number of hydrogen-bond acceptors (Lipinski definition) is 6. The third-order valence-corrected chi connectivity index (χ3v) is 4.29. The van der Waals surface area contributed by atoms with Gasteiger partial charge in [-0.25, -0.2) is 9.78 Å². The number of piperidine rings is 1. The highest BCUT2D eigenvalue weighted by atomic mass is 16.6. The molecule has 2 aromatic rings. The monoisotopic (exact) mass is 330 g/mol. The molecule has 0 atom stereocenters. The molecule has 0 bridgehead atoms. The molecule has 0 unspecified atom stereocenters. The van der Waals surface area contributed by atoms with Crippen molar-refractivity contribution in [3.05, 3.63) is 52.5 Å². The highest BCUT2D eigenvalue weighted by molar-refractivity contribution is 5.87. The average Bonchev–Trinajstić information content (AvgIpc) is 3.11. The van der Waals surface area contributed by atoms with Crippen molar-refractivity contribution in [2.45, 2.75) is 18.9 Å². The number of nitrogens with zero attached hydrogens (tertiary/aromatic N) is 4. The van der Waals surface area contributed by atoms with Gasteiger partial charge in [-0.15, -0.1) is 0 Å². The molecule has 1 fully saturated rings. The SMILES string of the molecule is COC(=O)c1cccn1C1CCN(c2ncccc2[N+](=O)[O-])CC1. The Morgan fingerprint density at radius 1 is 1.33 bits per heavy atom. The van der Waals surface area contributed by atoms with Crippen molar-refractivity contribution in [2.24, 2.45) is 0 Å². The van der Waals surface area contributed by atoms with Crippen LogP contribution in [-0.2, 0) is 4.74 Å². The number of esters is 1. The maximum atomic E-state index is 11.8. The Hall–Kier alpha value is -2.90. The van der Waals surface area contributed by atoms with Gasteiger partial charge >= 0.3 is 11.7 Å². The molecule has 126 valence electrons. The van der Waals surface area contributed by atoms with E-state index in [1.54, 1.807) is 18.3 Å². The topological polar surface area (TPSA) is 90.5 Å². The summed E-state index contributed by atoms with van der Waals surface area (Å²) in [6.45, 7) is 1.28. The number of ether oxygens (including phenoxy) is 1. The molecule has 1 saturated heterocycles. The van der Waals surface area contributed by atoms with Crippen LogP contribution >= 0.6 is 0 Å². The van der Waals surface area contributed by atoms with Crippen LogP contribution in [-0.4, -0.2) is 40.6 Å². The van der Waals surface area contributed by atoms with Gasteiger partial charge in [-0.2, -0.15) is 0 Å². The second-order valence-electron chi connectivity index (χ2n) is 5.61. The van der Waals surface area contributed by atoms with Crippen molar-refractivity contribution in [1.29, 1.82) is 0 Å². The molecule has 0 aliphatic carbocycles. The quantitative estimate of drug-likeness (QED) is 0.486. The summed E-state index contributed by atoms with van der Waals surface area (Å²) in [5.41, 5.74) is 0.548. The summed E-state index contributed by atoms with van der Waals surface area (Å²) < 4.78 is 6.73. The summed E-state index contributed by atoms with van der Waals surface area (Å²) in [7, 11) is 1.36. The normalized spacial score (nSPS) is 15.3. The molecule has 2 aromatic heterocycles. The van der Waals surface area contributed by atoms with Crippen LogP contribution in [0.4, 0.5) is 11.5 Å². The van der Waals surface area contributed by atoms with E-state index in [0.717, 1.165) is 12.8 Å². The number of hydrogen-bond donors (Lipinski definition) is 0. The molecule has 8 heteroatoms. The van der Waals surface area contributed by atoms with Gasteiger partial charge in [-0.3, -0.25) is 10.1 Å². The zero-order valence-corrected chi connectivity index (χ0v) is 13.3. The van der Waals surface area contributed by atoms with Gasteiger partial charge in [-0.1, -0.05) is 0 Å². The fraction of sp³-hybridized carbons (Fsp3) is 0.375. The molecule has 3 heterocycles. The first-order valence-corrected chi connectivity index (χ1v) is 7.71. The largest absolute Gasteiger partial charge is 0.464 e. The second-order valence-corrected chi connectivity index (χ2v) is 5.61. The van der Waals surface area contributed by atoms with Crippen LogP contribution in [0.25, 0.3) is 0 Å². The maximum Gasteiger partial charge on any atom is 0.354 e. The molecule has 24 heavy (non-hydrogen) atoms. The average molecular weight is 330 g/mol. The molecular formula is C16H18N4O4. The first-order valence-electron chi connectivity index (χ1n) is 7.71. The lowest BCUT2D eigenvalue weighted by atomic mass is 10.0. The van der Waals surface area contributed by atoms with E-state index in [9.17, 15) is 14.9 Å². The fourth-order valence-electron chi connectivity index (χ4n) is 3.12. The van der Waals surface area contributed by atoms with Gasteiger partial charge in [0, 0.05) is 37.6 Å². The molecule has 0 amide bonds. The number of nitro groups is 1. The minimum Gasteiger partial charge on any atom is -0.464 e. The number of methoxy groups -OCH3 is 1. The predicted molar refractivity (Wildman–Crippen MR) is 87.1 cm³/mol. The van der Waals surface area contributed by atoms with E-state index >= 15 is 0 Å². The van der Waals surface area contributed by atoms with Gasteiger partial charge in [0.05, 0.1) is 12.0 Å². The smallest absolute Gasteiger partial charge is 0.354 e. The van der Waals surface area contributed by atoms with Crippen molar-refractivity contribution < 1.29 is 14.5 Å². The van der Waals surface area contributed by atoms with Crippen molar-refractivity contribution >= 4 is 17.5 Å². The van der Waals surface area contributed by atoms with Gasteiger partial charge < -0.3 is 14.2 Å². The first-order chi connectivity index (χ1) is 11.6. The number of carbonyl (C=O) groups excluding carboxylic acids is 1. The molecule has 0 spiro atoms. The summed E-state index contributed by atoms with van der Waals surface area (Å²) >= 11 is 0. The van der Waals surface area contributed by atoms with Crippen molar-refractivity contribution in [2.75, 3.05) is 25.1 Å². The number of rotatable bonds is 4. The minimum atomic E-state index is -0.407. The van der Waals surface area contributed by atoms with Crippen LogP contribution in [0.15, 0.2) is 36.7 Å². The Morgan fingerprint density at radius 3 is 2.75 bits per heavy atom. The van der Waals surface area contributed by atoms with Crippen molar-refractivity contribution in [3.8, 4) is 0 Å². The third kappa shape index (κ3) is 2.94.